The lowest BCUT2D eigenvalue weighted by atomic mass is 10.2. The number of hydrogen-bond acceptors (Lipinski definition) is 2. The number of nitrogens with one attached hydrogen (secondary N) is 2. The Kier molecular flexibility index (Phi) is 3.92. The van der Waals surface area contributed by atoms with E-state index in [1.165, 1.54) is 0 Å². The first kappa shape index (κ1) is 11.0. The van der Waals surface area contributed by atoms with Crippen LogP contribution in [0.2, 0.25) is 5.02 Å². The number of aryl methyl sites for hydroxylation is 1. The largest absolute Gasteiger partial charge is 0.324 e. The molecule has 0 aliphatic carbocycles. The topological polar surface area (TPSA) is 41.1 Å². The van der Waals surface area contributed by atoms with Crippen LogP contribution in [0.5, 0.6) is 0 Å². The zero-order valence-corrected chi connectivity index (χ0v) is 8.98. The first-order chi connectivity index (χ1) is 6.63. The van der Waals surface area contributed by atoms with Crippen LogP contribution in [0.25, 0.3) is 0 Å². The molecule has 0 saturated heterocycles. The first-order valence-corrected chi connectivity index (χ1v) is 4.72. The summed E-state index contributed by atoms with van der Waals surface area (Å²) in [5.41, 5.74) is 1.72. The maximum Gasteiger partial charge on any atom is 0.238 e. The van der Waals surface area contributed by atoms with E-state index in [0.29, 0.717) is 10.7 Å². The number of likely N-dealkylation sites (N-methyl/N-ethyl adjacent to an activating group) is 1. The Hall–Kier alpha value is -1.06. The zero-order valence-electron chi connectivity index (χ0n) is 8.23. The number of amides is 1. The van der Waals surface area contributed by atoms with Gasteiger partial charge in [-0.25, -0.2) is 0 Å². The minimum absolute atomic E-state index is 0.0988. The standard InChI is InChI=1S/C10H13ClN2O/c1-7-3-4-9(8(11)5-7)13-10(14)6-12-2/h3-5,12H,6H2,1-2H3,(H,13,14). The van der Waals surface area contributed by atoms with Crippen LogP contribution in [0.3, 0.4) is 0 Å². The molecular weight excluding hydrogens is 200 g/mol. The van der Waals surface area contributed by atoms with E-state index in [1.807, 2.05) is 19.1 Å². The fraction of sp³-hybridized carbons (Fsp3) is 0.300. The predicted molar refractivity (Wildman–Crippen MR) is 58.7 cm³/mol. The van der Waals surface area contributed by atoms with Gasteiger partial charge in [-0.1, -0.05) is 17.7 Å². The van der Waals surface area contributed by atoms with E-state index in [-0.39, 0.29) is 12.5 Å². The van der Waals surface area contributed by atoms with Crippen molar-refractivity contribution in [2.75, 3.05) is 18.9 Å². The average Bonchev–Trinajstić information content (AvgIpc) is 2.10. The number of carbonyl (C=O) groups is 1. The SMILES string of the molecule is CNCC(=O)Nc1ccc(C)cc1Cl. The van der Waals surface area contributed by atoms with Gasteiger partial charge in [-0.3, -0.25) is 4.79 Å². The molecule has 14 heavy (non-hydrogen) atoms. The Morgan fingerprint density at radius 2 is 2.21 bits per heavy atom. The summed E-state index contributed by atoms with van der Waals surface area (Å²) in [7, 11) is 1.72. The van der Waals surface area contributed by atoms with Crippen LogP contribution in [0.4, 0.5) is 5.69 Å². The Labute approximate surface area is 88.5 Å². The molecule has 0 heterocycles. The van der Waals surface area contributed by atoms with Gasteiger partial charge in [0.25, 0.3) is 0 Å². The van der Waals surface area contributed by atoms with Crippen molar-refractivity contribution in [3.63, 3.8) is 0 Å². The van der Waals surface area contributed by atoms with E-state index >= 15 is 0 Å². The molecular formula is C10H13ClN2O. The summed E-state index contributed by atoms with van der Waals surface area (Å²) in [6, 6.07) is 5.52. The van der Waals surface area contributed by atoms with Gasteiger partial charge in [-0.2, -0.15) is 0 Å². The summed E-state index contributed by atoms with van der Waals surface area (Å²) < 4.78 is 0. The third-order valence-corrected chi connectivity index (χ3v) is 2.05. The molecule has 4 heteroatoms. The van der Waals surface area contributed by atoms with Crippen molar-refractivity contribution in [3.8, 4) is 0 Å². The summed E-state index contributed by atoms with van der Waals surface area (Å²) in [6.07, 6.45) is 0. The van der Waals surface area contributed by atoms with Gasteiger partial charge in [0.15, 0.2) is 0 Å². The molecule has 1 rings (SSSR count). The Morgan fingerprint density at radius 1 is 1.50 bits per heavy atom. The van der Waals surface area contributed by atoms with Gasteiger partial charge >= 0.3 is 0 Å². The molecule has 1 aromatic carbocycles. The summed E-state index contributed by atoms with van der Waals surface area (Å²) in [4.78, 5) is 11.2. The van der Waals surface area contributed by atoms with Crippen LogP contribution >= 0.6 is 11.6 Å². The van der Waals surface area contributed by atoms with Crippen molar-refractivity contribution in [3.05, 3.63) is 28.8 Å². The molecule has 0 radical (unpaired) electrons. The molecule has 3 nitrogen and oxygen atoms in total. The number of benzene rings is 1. The lowest BCUT2D eigenvalue weighted by Crippen LogP contribution is -2.25. The van der Waals surface area contributed by atoms with Crippen molar-refractivity contribution in [1.29, 1.82) is 0 Å². The minimum atomic E-state index is -0.0988. The summed E-state index contributed by atoms with van der Waals surface area (Å²) in [5.74, 6) is -0.0988. The maximum absolute atomic E-state index is 11.2. The molecule has 0 fully saturated rings. The molecule has 0 spiro atoms. The highest BCUT2D eigenvalue weighted by atomic mass is 35.5. The second kappa shape index (κ2) is 4.98. The number of halogens is 1. The number of carbonyl (C=O) groups excluding carboxylic acids is 1. The van der Waals surface area contributed by atoms with Crippen LogP contribution in [0, 0.1) is 6.92 Å². The highest BCUT2D eigenvalue weighted by Gasteiger charge is 2.04. The van der Waals surface area contributed by atoms with Gasteiger partial charge < -0.3 is 10.6 Å². The van der Waals surface area contributed by atoms with Crippen molar-refractivity contribution in [2.45, 2.75) is 6.92 Å². The summed E-state index contributed by atoms with van der Waals surface area (Å²) >= 11 is 5.94. The van der Waals surface area contributed by atoms with E-state index in [0.717, 1.165) is 5.56 Å². The molecule has 0 aliphatic rings. The van der Waals surface area contributed by atoms with Crippen LogP contribution < -0.4 is 10.6 Å². The van der Waals surface area contributed by atoms with Crippen molar-refractivity contribution < 1.29 is 4.79 Å². The van der Waals surface area contributed by atoms with Crippen molar-refractivity contribution in [2.24, 2.45) is 0 Å². The van der Waals surface area contributed by atoms with E-state index in [2.05, 4.69) is 10.6 Å². The highest BCUT2D eigenvalue weighted by molar-refractivity contribution is 6.33. The predicted octanol–water partition coefficient (Wildman–Crippen LogP) is 1.81. The quantitative estimate of drug-likeness (QED) is 0.803. The second-order valence-electron chi connectivity index (χ2n) is 3.06. The Bertz CT molecular complexity index is 339. The molecule has 1 amide bonds. The van der Waals surface area contributed by atoms with Crippen molar-refractivity contribution in [1.82, 2.24) is 5.32 Å². The molecule has 0 unspecified atom stereocenters. The van der Waals surface area contributed by atoms with Crippen LogP contribution in [0.15, 0.2) is 18.2 Å². The van der Waals surface area contributed by atoms with Crippen molar-refractivity contribution >= 4 is 23.2 Å². The zero-order chi connectivity index (χ0) is 10.6. The van der Waals surface area contributed by atoms with Gasteiger partial charge in [-0.15, -0.1) is 0 Å². The summed E-state index contributed by atoms with van der Waals surface area (Å²) in [6.45, 7) is 2.23. The van der Waals surface area contributed by atoms with Gasteiger partial charge in [0, 0.05) is 0 Å². The molecule has 0 aromatic heterocycles. The first-order valence-electron chi connectivity index (χ1n) is 4.34. The van der Waals surface area contributed by atoms with Crippen LogP contribution in [-0.2, 0) is 4.79 Å². The molecule has 0 atom stereocenters. The number of rotatable bonds is 3. The number of hydrogen-bond donors (Lipinski definition) is 2. The van der Waals surface area contributed by atoms with E-state index in [9.17, 15) is 4.79 Å². The molecule has 0 aliphatic heterocycles. The van der Waals surface area contributed by atoms with Gasteiger partial charge in [-0.05, 0) is 31.7 Å². The molecule has 2 N–H and O–H groups in total. The monoisotopic (exact) mass is 212 g/mol. The minimum Gasteiger partial charge on any atom is -0.324 e. The molecule has 0 bridgehead atoms. The maximum atomic E-state index is 11.2. The molecule has 76 valence electrons. The fourth-order valence-corrected chi connectivity index (χ4v) is 1.36. The van der Waals surface area contributed by atoms with Gasteiger partial charge in [0.05, 0.1) is 17.3 Å². The van der Waals surface area contributed by atoms with Gasteiger partial charge in [0.2, 0.25) is 5.91 Å². The van der Waals surface area contributed by atoms with E-state index in [4.69, 9.17) is 11.6 Å². The lowest BCUT2D eigenvalue weighted by Gasteiger charge is -2.07. The van der Waals surface area contributed by atoms with Crippen LogP contribution in [0.1, 0.15) is 5.56 Å². The summed E-state index contributed by atoms with van der Waals surface area (Å²) in [5, 5.41) is 6.03. The van der Waals surface area contributed by atoms with E-state index in [1.54, 1.807) is 13.1 Å². The Morgan fingerprint density at radius 3 is 2.79 bits per heavy atom. The normalized spacial score (nSPS) is 9.93. The third-order valence-electron chi connectivity index (χ3n) is 1.74. The van der Waals surface area contributed by atoms with Gasteiger partial charge in [0.1, 0.15) is 0 Å². The lowest BCUT2D eigenvalue weighted by molar-refractivity contribution is -0.115. The smallest absolute Gasteiger partial charge is 0.238 e. The average molecular weight is 213 g/mol. The van der Waals surface area contributed by atoms with Crippen LogP contribution in [-0.4, -0.2) is 19.5 Å². The fourth-order valence-electron chi connectivity index (χ4n) is 1.08. The third kappa shape index (κ3) is 3.01. The molecule has 1 aromatic rings. The highest BCUT2D eigenvalue weighted by Crippen LogP contribution is 2.22. The number of anilines is 1. The van der Waals surface area contributed by atoms with E-state index < -0.39 is 0 Å². The second-order valence-corrected chi connectivity index (χ2v) is 3.47. The molecule has 0 saturated carbocycles. The Balaban J connectivity index is 2.72.